The number of hydrogen-bond acceptors (Lipinski definition) is 3. The standard InChI is InChI=1S/C11H17F3N4O/c1-4-7-8(15)9(17(3)16-7)10(19)18(5-2)6-11(12,13)14/h4-6,15H2,1-3H3. The number of hydrogen-bond donors (Lipinski definition) is 1. The summed E-state index contributed by atoms with van der Waals surface area (Å²) in [6.45, 7) is 1.94. The quantitative estimate of drug-likeness (QED) is 0.909. The van der Waals surface area contributed by atoms with Gasteiger partial charge in [-0.05, 0) is 13.3 Å². The number of amides is 1. The first-order chi connectivity index (χ1) is 8.71. The summed E-state index contributed by atoms with van der Waals surface area (Å²) in [4.78, 5) is 12.8. The van der Waals surface area contributed by atoms with E-state index in [-0.39, 0.29) is 17.9 Å². The van der Waals surface area contributed by atoms with Gasteiger partial charge in [0.05, 0.1) is 11.4 Å². The Kier molecular flexibility index (Phi) is 4.43. The fraction of sp³-hybridized carbons (Fsp3) is 0.636. The summed E-state index contributed by atoms with van der Waals surface area (Å²) in [6, 6.07) is 0. The van der Waals surface area contributed by atoms with Crippen molar-refractivity contribution in [2.75, 3.05) is 18.8 Å². The molecule has 0 aliphatic heterocycles. The summed E-state index contributed by atoms with van der Waals surface area (Å²) in [5.41, 5.74) is 6.42. The van der Waals surface area contributed by atoms with Crippen molar-refractivity contribution in [1.82, 2.24) is 14.7 Å². The molecule has 108 valence electrons. The second-order valence-electron chi connectivity index (χ2n) is 4.12. The molecule has 1 heterocycles. The summed E-state index contributed by atoms with van der Waals surface area (Å²) in [5.74, 6) is -0.757. The van der Waals surface area contributed by atoms with Gasteiger partial charge >= 0.3 is 6.18 Å². The van der Waals surface area contributed by atoms with Crippen molar-refractivity contribution in [1.29, 1.82) is 0 Å². The van der Waals surface area contributed by atoms with Crippen LogP contribution in [0.15, 0.2) is 0 Å². The number of aromatic nitrogens is 2. The number of nitrogen functional groups attached to an aromatic ring is 1. The lowest BCUT2D eigenvalue weighted by atomic mass is 10.2. The zero-order valence-electron chi connectivity index (χ0n) is 11.1. The first-order valence-electron chi connectivity index (χ1n) is 5.88. The van der Waals surface area contributed by atoms with Crippen LogP contribution in [0.5, 0.6) is 0 Å². The zero-order chi connectivity index (χ0) is 14.8. The van der Waals surface area contributed by atoms with Gasteiger partial charge in [0.1, 0.15) is 12.2 Å². The molecule has 0 saturated carbocycles. The molecule has 1 amide bonds. The van der Waals surface area contributed by atoms with Gasteiger partial charge in [-0.1, -0.05) is 6.92 Å². The van der Waals surface area contributed by atoms with Crippen molar-refractivity contribution in [2.24, 2.45) is 7.05 Å². The lowest BCUT2D eigenvalue weighted by Crippen LogP contribution is -2.39. The fourth-order valence-corrected chi connectivity index (χ4v) is 1.80. The Hall–Kier alpha value is -1.73. The van der Waals surface area contributed by atoms with Crippen LogP contribution >= 0.6 is 0 Å². The van der Waals surface area contributed by atoms with E-state index >= 15 is 0 Å². The van der Waals surface area contributed by atoms with Gasteiger partial charge in [0.15, 0.2) is 0 Å². The number of aryl methyl sites for hydroxylation is 2. The van der Waals surface area contributed by atoms with Gasteiger partial charge in [0.25, 0.3) is 5.91 Å². The second kappa shape index (κ2) is 5.50. The highest BCUT2D eigenvalue weighted by molar-refractivity contribution is 5.98. The van der Waals surface area contributed by atoms with Crippen molar-refractivity contribution in [3.05, 3.63) is 11.4 Å². The Morgan fingerprint density at radius 1 is 1.42 bits per heavy atom. The summed E-state index contributed by atoms with van der Waals surface area (Å²) in [5, 5.41) is 4.03. The number of nitrogens with zero attached hydrogens (tertiary/aromatic N) is 3. The smallest absolute Gasteiger partial charge is 0.395 e. The van der Waals surface area contributed by atoms with Gasteiger partial charge < -0.3 is 10.6 Å². The van der Waals surface area contributed by atoms with E-state index in [9.17, 15) is 18.0 Å². The first-order valence-corrected chi connectivity index (χ1v) is 5.88. The molecular weight excluding hydrogens is 261 g/mol. The Bertz CT molecular complexity index is 467. The van der Waals surface area contributed by atoms with Crippen LogP contribution in [0.25, 0.3) is 0 Å². The van der Waals surface area contributed by atoms with Crippen LogP contribution in [0.1, 0.15) is 30.0 Å². The highest BCUT2D eigenvalue weighted by Crippen LogP contribution is 2.22. The number of rotatable bonds is 4. The van der Waals surface area contributed by atoms with Gasteiger partial charge in [-0.25, -0.2) is 0 Å². The second-order valence-corrected chi connectivity index (χ2v) is 4.12. The maximum atomic E-state index is 12.4. The lowest BCUT2D eigenvalue weighted by Gasteiger charge is -2.22. The molecule has 0 spiro atoms. The zero-order valence-corrected chi connectivity index (χ0v) is 11.1. The lowest BCUT2D eigenvalue weighted by molar-refractivity contribution is -0.140. The Labute approximate surface area is 109 Å². The molecule has 0 saturated heterocycles. The minimum Gasteiger partial charge on any atom is -0.395 e. The van der Waals surface area contributed by atoms with E-state index in [4.69, 9.17) is 5.73 Å². The van der Waals surface area contributed by atoms with E-state index in [0.29, 0.717) is 17.0 Å². The molecule has 0 radical (unpaired) electrons. The minimum atomic E-state index is -4.44. The molecule has 0 fully saturated rings. The Balaban J connectivity index is 3.08. The van der Waals surface area contributed by atoms with E-state index in [0.717, 1.165) is 0 Å². The highest BCUT2D eigenvalue weighted by Gasteiger charge is 2.34. The third kappa shape index (κ3) is 3.39. The molecule has 2 N–H and O–H groups in total. The maximum absolute atomic E-state index is 12.4. The molecule has 0 aliphatic rings. The van der Waals surface area contributed by atoms with Crippen LogP contribution in [0.2, 0.25) is 0 Å². The minimum absolute atomic E-state index is 0.00273. The summed E-state index contributed by atoms with van der Waals surface area (Å²) < 4.78 is 38.4. The number of nitrogens with two attached hydrogens (primary N) is 1. The number of alkyl halides is 3. The van der Waals surface area contributed by atoms with Gasteiger partial charge in [-0.3, -0.25) is 9.48 Å². The topological polar surface area (TPSA) is 64.2 Å². The van der Waals surface area contributed by atoms with E-state index in [1.807, 2.05) is 0 Å². The molecule has 1 aromatic rings. The maximum Gasteiger partial charge on any atom is 0.406 e. The average molecular weight is 278 g/mol. The molecule has 1 rings (SSSR count). The van der Waals surface area contributed by atoms with E-state index in [1.165, 1.54) is 18.7 Å². The number of halogens is 3. The van der Waals surface area contributed by atoms with E-state index in [1.54, 1.807) is 6.92 Å². The molecule has 0 atom stereocenters. The van der Waals surface area contributed by atoms with Crippen LogP contribution in [-0.4, -0.2) is 39.9 Å². The third-order valence-electron chi connectivity index (χ3n) is 2.74. The molecule has 19 heavy (non-hydrogen) atoms. The van der Waals surface area contributed by atoms with Gasteiger partial charge in [-0.2, -0.15) is 18.3 Å². The predicted octanol–water partition coefficient (Wildman–Crippen LogP) is 1.59. The van der Waals surface area contributed by atoms with Crippen LogP contribution in [0.3, 0.4) is 0 Å². The van der Waals surface area contributed by atoms with Crippen LogP contribution in [0.4, 0.5) is 18.9 Å². The van der Waals surface area contributed by atoms with Gasteiger partial charge in [0, 0.05) is 13.6 Å². The first kappa shape index (κ1) is 15.3. The van der Waals surface area contributed by atoms with E-state index < -0.39 is 18.6 Å². The molecule has 0 bridgehead atoms. The van der Waals surface area contributed by atoms with Gasteiger partial charge in [-0.15, -0.1) is 0 Å². The SMILES string of the molecule is CCc1nn(C)c(C(=O)N(CC)CC(F)(F)F)c1N. The molecule has 0 aromatic carbocycles. The monoisotopic (exact) mass is 278 g/mol. The number of carbonyl (C=O) groups excluding carboxylic acids is 1. The molecule has 5 nitrogen and oxygen atoms in total. The Morgan fingerprint density at radius 2 is 2.00 bits per heavy atom. The van der Waals surface area contributed by atoms with Crippen molar-refractivity contribution in [2.45, 2.75) is 26.4 Å². The molecule has 0 aliphatic carbocycles. The van der Waals surface area contributed by atoms with Crippen LogP contribution in [0, 0.1) is 0 Å². The van der Waals surface area contributed by atoms with Crippen molar-refractivity contribution >= 4 is 11.6 Å². The largest absolute Gasteiger partial charge is 0.406 e. The van der Waals surface area contributed by atoms with E-state index in [2.05, 4.69) is 5.10 Å². The molecular formula is C11H17F3N4O. The Morgan fingerprint density at radius 3 is 2.37 bits per heavy atom. The van der Waals surface area contributed by atoms with Crippen molar-refractivity contribution < 1.29 is 18.0 Å². The number of carbonyl (C=O) groups is 1. The third-order valence-corrected chi connectivity index (χ3v) is 2.74. The molecule has 1 aromatic heterocycles. The number of anilines is 1. The fourth-order valence-electron chi connectivity index (χ4n) is 1.80. The van der Waals surface area contributed by atoms with Crippen LogP contribution < -0.4 is 5.73 Å². The van der Waals surface area contributed by atoms with Crippen molar-refractivity contribution in [3.8, 4) is 0 Å². The van der Waals surface area contributed by atoms with Crippen molar-refractivity contribution in [3.63, 3.8) is 0 Å². The van der Waals surface area contributed by atoms with Gasteiger partial charge in [0.2, 0.25) is 0 Å². The van der Waals surface area contributed by atoms with Crippen LogP contribution in [-0.2, 0) is 13.5 Å². The normalized spacial score (nSPS) is 11.7. The molecule has 0 unspecified atom stereocenters. The summed E-state index contributed by atoms with van der Waals surface area (Å²) >= 11 is 0. The summed E-state index contributed by atoms with van der Waals surface area (Å²) in [7, 11) is 1.49. The predicted molar refractivity (Wildman–Crippen MR) is 64.6 cm³/mol. The average Bonchev–Trinajstić information content (AvgIpc) is 2.59. The highest BCUT2D eigenvalue weighted by atomic mass is 19.4. The summed E-state index contributed by atoms with van der Waals surface area (Å²) in [6.07, 6.45) is -3.93. The molecule has 8 heteroatoms.